The zero-order chi connectivity index (χ0) is 23.0. The van der Waals surface area contributed by atoms with Gasteiger partial charge >= 0.3 is 6.09 Å². The number of benzene rings is 1. The maximum Gasteiger partial charge on any atom is 0.413 e. The van der Waals surface area contributed by atoms with Crippen LogP contribution in [0, 0.1) is 13.8 Å². The van der Waals surface area contributed by atoms with Crippen LogP contribution in [0.4, 0.5) is 9.93 Å². The standard InChI is InChI=1S/C17H21ClN4O6S3/c1-11-13(18)5-4-6-14(11)30(24,25)21-7-9-22(10-8-21)31(26,27)15-12(2)19-16(29-15)20-17(23)28-3/h4-6H,7-10H2,1-3H3,(H,19,20,23). The molecular weight excluding hydrogens is 488 g/mol. The Bertz CT molecular complexity index is 1200. The van der Waals surface area contributed by atoms with Gasteiger partial charge in [-0.25, -0.2) is 26.6 Å². The van der Waals surface area contributed by atoms with E-state index in [0.29, 0.717) is 10.6 Å². The van der Waals surface area contributed by atoms with Crippen LogP contribution in [0.2, 0.25) is 5.02 Å². The van der Waals surface area contributed by atoms with Gasteiger partial charge in [0.25, 0.3) is 10.0 Å². The average Bonchev–Trinajstić information content (AvgIpc) is 3.10. The van der Waals surface area contributed by atoms with Crippen molar-refractivity contribution >= 4 is 54.2 Å². The molecule has 0 unspecified atom stereocenters. The molecule has 0 atom stereocenters. The van der Waals surface area contributed by atoms with Gasteiger partial charge in [0.2, 0.25) is 10.0 Å². The number of aryl methyl sites for hydroxylation is 1. The van der Waals surface area contributed by atoms with Crippen molar-refractivity contribution in [2.24, 2.45) is 0 Å². The zero-order valence-corrected chi connectivity index (χ0v) is 20.2. The minimum absolute atomic E-state index is 0.00135. The number of carbonyl (C=O) groups is 1. The van der Waals surface area contributed by atoms with Gasteiger partial charge in [-0.3, -0.25) is 5.32 Å². The molecule has 1 N–H and O–H groups in total. The van der Waals surface area contributed by atoms with E-state index < -0.39 is 26.1 Å². The van der Waals surface area contributed by atoms with E-state index in [1.54, 1.807) is 19.1 Å². The van der Waals surface area contributed by atoms with E-state index in [0.717, 1.165) is 11.3 Å². The molecule has 1 aromatic heterocycles. The number of amides is 1. The largest absolute Gasteiger partial charge is 0.453 e. The summed E-state index contributed by atoms with van der Waals surface area (Å²) in [6.45, 7) is 3.12. The predicted molar refractivity (Wildman–Crippen MR) is 117 cm³/mol. The van der Waals surface area contributed by atoms with Gasteiger partial charge in [0.05, 0.1) is 17.7 Å². The van der Waals surface area contributed by atoms with Gasteiger partial charge in [0.15, 0.2) is 9.34 Å². The highest BCUT2D eigenvalue weighted by Gasteiger charge is 2.36. The SMILES string of the molecule is COC(=O)Nc1nc(C)c(S(=O)(=O)N2CCN(S(=O)(=O)c3cccc(Cl)c3C)CC2)s1. The van der Waals surface area contributed by atoms with Crippen molar-refractivity contribution in [3.05, 3.63) is 34.5 Å². The van der Waals surface area contributed by atoms with Crippen LogP contribution in [-0.4, -0.2) is 69.8 Å². The molecule has 0 radical (unpaired) electrons. The number of methoxy groups -OCH3 is 1. The van der Waals surface area contributed by atoms with E-state index in [1.165, 1.54) is 28.7 Å². The Kier molecular flexibility index (Phi) is 6.93. The minimum Gasteiger partial charge on any atom is -0.453 e. The van der Waals surface area contributed by atoms with Crippen molar-refractivity contribution in [2.45, 2.75) is 23.0 Å². The second kappa shape index (κ2) is 9.00. The van der Waals surface area contributed by atoms with Crippen molar-refractivity contribution < 1.29 is 26.4 Å². The van der Waals surface area contributed by atoms with E-state index in [4.69, 9.17) is 11.6 Å². The number of nitrogens with zero attached hydrogens (tertiary/aromatic N) is 3. The molecule has 1 aliphatic rings. The lowest BCUT2D eigenvalue weighted by molar-refractivity contribution is 0.187. The second-order valence-electron chi connectivity index (χ2n) is 6.68. The number of ether oxygens (including phenoxy) is 1. The van der Waals surface area contributed by atoms with E-state index in [9.17, 15) is 21.6 Å². The Labute approximate surface area is 189 Å². The first kappa shape index (κ1) is 23.9. The van der Waals surface area contributed by atoms with Gasteiger partial charge in [-0.15, -0.1) is 0 Å². The number of hydrogen-bond acceptors (Lipinski definition) is 8. The third kappa shape index (κ3) is 4.71. The van der Waals surface area contributed by atoms with E-state index in [1.807, 2.05) is 0 Å². The molecule has 0 spiro atoms. The molecule has 10 nitrogen and oxygen atoms in total. The second-order valence-corrected chi connectivity index (χ2v) is 12.1. The summed E-state index contributed by atoms with van der Waals surface area (Å²) in [4.78, 5) is 15.5. The highest BCUT2D eigenvalue weighted by Crippen LogP contribution is 2.31. The lowest BCUT2D eigenvalue weighted by atomic mass is 10.2. The van der Waals surface area contributed by atoms with Crippen molar-refractivity contribution in [2.75, 3.05) is 38.6 Å². The van der Waals surface area contributed by atoms with Gasteiger partial charge in [0, 0.05) is 31.2 Å². The smallest absolute Gasteiger partial charge is 0.413 e. The van der Waals surface area contributed by atoms with Gasteiger partial charge in [-0.05, 0) is 31.5 Å². The number of thiazole rings is 1. The van der Waals surface area contributed by atoms with Crippen LogP contribution in [0.5, 0.6) is 0 Å². The number of sulfonamides is 2. The molecule has 3 rings (SSSR count). The molecule has 2 aromatic rings. The molecule has 1 amide bonds. The first-order chi connectivity index (χ1) is 14.5. The Hall–Kier alpha value is -1.77. The summed E-state index contributed by atoms with van der Waals surface area (Å²) in [5, 5.41) is 2.79. The minimum atomic E-state index is -3.91. The quantitative estimate of drug-likeness (QED) is 0.656. The molecule has 1 fully saturated rings. The summed E-state index contributed by atoms with van der Waals surface area (Å²) in [5.41, 5.74) is 0.686. The molecule has 0 saturated carbocycles. The fraction of sp³-hybridized carbons (Fsp3) is 0.412. The van der Waals surface area contributed by atoms with Gasteiger partial charge in [-0.1, -0.05) is 29.0 Å². The lowest BCUT2D eigenvalue weighted by Gasteiger charge is -2.33. The van der Waals surface area contributed by atoms with Crippen LogP contribution in [-0.2, 0) is 24.8 Å². The number of anilines is 1. The molecule has 1 aromatic carbocycles. The third-order valence-corrected chi connectivity index (χ3v) is 10.8. The van der Waals surface area contributed by atoms with Gasteiger partial charge in [-0.2, -0.15) is 8.61 Å². The molecule has 14 heteroatoms. The molecular formula is C17H21ClN4O6S3. The van der Waals surface area contributed by atoms with Crippen LogP contribution in [0.15, 0.2) is 27.3 Å². The molecule has 170 valence electrons. The summed E-state index contributed by atoms with van der Waals surface area (Å²) >= 11 is 6.87. The van der Waals surface area contributed by atoms with E-state index in [2.05, 4.69) is 15.0 Å². The molecule has 1 saturated heterocycles. The topological polar surface area (TPSA) is 126 Å². The molecule has 2 heterocycles. The zero-order valence-electron chi connectivity index (χ0n) is 17.0. The number of hydrogen-bond donors (Lipinski definition) is 1. The van der Waals surface area contributed by atoms with Crippen molar-refractivity contribution in [1.29, 1.82) is 0 Å². The number of nitrogens with one attached hydrogen (secondary N) is 1. The number of halogens is 1. The highest BCUT2D eigenvalue weighted by atomic mass is 35.5. The van der Waals surface area contributed by atoms with Crippen molar-refractivity contribution in [3.63, 3.8) is 0 Å². The summed E-state index contributed by atoms with van der Waals surface area (Å²) < 4.78 is 59.1. The number of aromatic nitrogens is 1. The Morgan fingerprint density at radius 3 is 2.26 bits per heavy atom. The van der Waals surface area contributed by atoms with E-state index >= 15 is 0 Å². The van der Waals surface area contributed by atoms with Crippen LogP contribution in [0.25, 0.3) is 0 Å². The average molecular weight is 509 g/mol. The lowest BCUT2D eigenvalue weighted by Crippen LogP contribution is -2.50. The monoisotopic (exact) mass is 508 g/mol. The molecule has 0 bridgehead atoms. The van der Waals surface area contributed by atoms with Crippen molar-refractivity contribution in [1.82, 2.24) is 13.6 Å². The normalized spacial score (nSPS) is 16.3. The van der Waals surface area contributed by atoms with Gasteiger partial charge in [0.1, 0.15) is 0 Å². The maximum atomic E-state index is 13.1. The van der Waals surface area contributed by atoms with E-state index in [-0.39, 0.29) is 46.1 Å². The summed E-state index contributed by atoms with van der Waals surface area (Å²) in [6, 6.07) is 4.66. The third-order valence-electron chi connectivity index (χ3n) is 4.76. The number of piperazine rings is 1. The van der Waals surface area contributed by atoms with Crippen LogP contribution < -0.4 is 5.32 Å². The fourth-order valence-corrected chi connectivity index (χ4v) is 7.95. The summed E-state index contributed by atoms with van der Waals surface area (Å²) in [7, 11) is -6.53. The maximum absolute atomic E-state index is 13.1. The Morgan fingerprint density at radius 2 is 1.68 bits per heavy atom. The fourth-order valence-electron chi connectivity index (χ4n) is 3.09. The van der Waals surface area contributed by atoms with Crippen LogP contribution in [0.3, 0.4) is 0 Å². The Balaban J connectivity index is 1.77. The molecule has 1 aliphatic heterocycles. The van der Waals surface area contributed by atoms with Crippen LogP contribution in [0.1, 0.15) is 11.3 Å². The Morgan fingerprint density at radius 1 is 1.10 bits per heavy atom. The predicted octanol–water partition coefficient (Wildman–Crippen LogP) is 2.29. The number of rotatable bonds is 5. The first-order valence-electron chi connectivity index (χ1n) is 9.06. The van der Waals surface area contributed by atoms with Crippen LogP contribution >= 0.6 is 22.9 Å². The highest BCUT2D eigenvalue weighted by molar-refractivity contribution is 7.91. The van der Waals surface area contributed by atoms with Gasteiger partial charge < -0.3 is 4.74 Å². The molecule has 0 aliphatic carbocycles. The first-order valence-corrected chi connectivity index (χ1v) is 13.1. The van der Waals surface area contributed by atoms with Crippen molar-refractivity contribution in [3.8, 4) is 0 Å². The molecule has 31 heavy (non-hydrogen) atoms. The summed E-state index contributed by atoms with van der Waals surface area (Å²) in [5.74, 6) is 0. The number of carbonyl (C=O) groups excluding carboxylic acids is 1. The summed E-state index contributed by atoms with van der Waals surface area (Å²) in [6.07, 6.45) is -0.757.